The lowest BCUT2D eigenvalue weighted by molar-refractivity contribution is -0.116. The van der Waals surface area contributed by atoms with Gasteiger partial charge in [0.05, 0.1) is 11.6 Å². The number of thioether (sulfide) groups is 1. The van der Waals surface area contributed by atoms with Gasteiger partial charge in [0.2, 0.25) is 11.0 Å². The summed E-state index contributed by atoms with van der Waals surface area (Å²) in [6.07, 6.45) is 2.11. The van der Waals surface area contributed by atoms with E-state index < -0.39 is 0 Å². The molecular weight excluding hydrogens is 398 g/mol. The molecule has 0 unspecified atom stereocenters. The average molecular weight is 414 g/mol. The first-order valence-electron chi connectivity index (χ1n) is 7.17. The number of methoxy groups -OCH3 is 1. The van der Waals surface area contributed by atoms with Crippen LogP contribution in [0.15, 0.2) is 27.0 Å². The van der Waals surface area contributed by atoms with Gasteiger partial charge in [-0.25, -0.2) is 0 Å². The molecule has 3 rings (SSSR count). The second-order valence-electron chi connectivity index (χ2n) is 5.23. The van der Waals surface area contributed by atoms with Crippen LogP contribution in [0.1, 0.15) is 25.3 Å². The van der Waals surface area contributed by atoms with Gasteiger partial charge < -0.3 is 4.74 Å². The first-order chi connectivity index (χ1) is 11.1. The van der Waals surface area contributed by atoms with E-state index in [4.69, 9.17) is 4.74 Å². The largest absolute Gasteiger partial charge is 0.496 e. The molecular formula is C15H16BrN3O2S2. The second-order valence-corrected chi connectivity index (χ2v) is 8.26. The van der Waals surface area contributed by atoms with Gasteiger partial charge in [0.25, 0.3) is 0 Å². The number of ether oxygens (including phenoxy) is 1. The van der Waals surface area contributed by atoms with Gasteiger partial charge in [-0.1, -0.05) is 29.2 Å². The van der Waals surface area contributed by atoms with E-state index in [2.05, 4.69) is 26.1 Å². The Morgan fingerprint density at radius 3 is 2.87 bits per heavy atom. The number of carbonyl (C=O) groups excluding carboxylic acids is 1. The summed E-state index contributed by atoms with van der Waals surface area (Å²) in [6.45, 7) is 1.58. The minimum atomic E-state index is 0.0410. The standard InChI is InChI=1S/C15H16BrN3O2S2/c1-9(20)19(11-4-5-11)14-17-18-15(23-14)22-8-10-3-6-13(21-2)12(16)7-10/h3,6-7,11H,4-5,8H2,1-2H3. The molecule has 0 atom stereocenters. The molecule has 1 amide bonds. The van der Waals surface area contributed by atoms with Crippen LogP contribution in [0.5, 0.6) is 5.75 Å². The summed E-state index contributed by atoms with van der Waals surface area (Å²) in [5, 5.41) is 9.09. The van der Waals surface area contributed by atoms with E-state index >= 15 is 0 Å². The number of halogens is 1. The summed E-state index contributed by atoms with van der Waals surface area (Å²) in [4.78, 5) is 13.5. The molecule has 1 fully saturated rings. The maximum Gasteiger partial charge on any atom is 0.225 e. The molecule has 23 heavy (non-hydrogen) atoms. The smallest absolute Gasteiger partial charge is 0.225 e. The van der Waals surface area contributed by atoms with Crippen molar-refractivity contribution >= 4 is 50.1 Å². The Labute approximate surface area is 151 Å². The Balaban J connectivity index is 1.65. The number of hydrogen-bond donors (Lipinski definition) is 0. The molecule has 2 aromatic rings. The zero-order chi connectivity index (χ0) is 16.4. The van der Waals surface area contributed by atoms with Gasteiger partial charge in [0, 0.05) is 18.7 Å². The molecule has 1 aliphatic rings. The van der Waals surface area contributed by atoms with E-state index in [1.165, 1.54) is 16.9 Å². The molecule has 122 valence electrons. The number of carbonyl (C=O) groups is 1. The minimum Gasteiger partial charge on any atom is -0.496 e. The lowest BCUT2D eigenvalue weighted by atomic mass is 10.2. The predicted molar refractivity (Wildman–Crippen MR) is 96.3 cm³/mol. The molecule has 1 saturated carbocycles. The summed E-state index contributed by atoms with van der Waals surface area (Å²) in [6, 6.07) is 6.33. The lowest BCUT2D eigenvalue weighted by Gasteiger charge is -2.15. The first-order valence-corrected chi connectivity index (χ1v) is 9.76. The molecule has 0 spiro atoms. The summed E-state index contributed by atoms with van der Waals surface area (Å²) < 4.78 is 7.04. The summed E-state index contributed by atoms with van der Waals surface area (Å²) in [5.41, 5.74) is 1.17. The van der Waals surface area contributed by atoms with Gasteiger partial charge in [0.15, 0.2) is 4.34 Å². The van der Waals surface area contributed by atoms with Crippen molar-refractivity contribution in [2.24, 2.45) is 0 Å². The van der Waals surface area contributed by atoms with E-state index in [9.17, 15) is 4.79 Å². The number of benzene rings is 1. The quantitative estimate of drug-likeness (QED) is 0.526. The lowest BCUT2D eigenvalue weighted by Crippen LogP contribution is -2.30. The maximum atomic E-state index is 11.8. The molecule has 8 heteroatoms. The molecule has 0 N–H and O–H groups in total. The van der Waals surface area contributed by atoms with E-state index in [0.717, 1.165) is 33.2 Å². The van der Waals surface area contributed by atoms with Crippen molar-refractivity contribution in [2.75, 3.05) is 12.0 Å². The van der Waals surface area contributed by atoms with Crippen LogP contribution in [0.3, 0.4) is 0 Å². The summed E-state index contributed by atoms with van der Waals surface area (Å²) >= 11 is 6.59. The van der Waals surface area contributed by atoms with Crippen molar-refractivity contribution in [3.63, 3.8) is 0 Å². The third-order valence-corrected chi connectivity index (χ3v) is 6.18. The number of anilines is 1. The van der Waals surface area contributed by atoms with Gasteiger partial charge in [0.1, 0.15) is 5.75 Å². The van der Waals surface area contributed by atoms with Crippen LogP contribution in [-0.2, 0) is 10.5 Å². The SMILES string of the molecule is COc1ccc(CSc2nnc(N(C(C)=O)C3CC3)s2)cc1Br. The van der Waals surface area contributed by atoms with Crippen molar-refractivity contribution in [1.82, 2.24) is 10.2 Å². The zero-order valence-electron chi connectivity index (χ0n) is 12.8. The highest BCUT2D eigenvalue weighted by molar-refractivity contribution is 9.10. The third-order valence-electron chi connectivity index (χ3n) is 3.43. The molecule has 1 heterocycles. The van der Waals surface area contributed by atoms with Crippen LogP contribution in [0.25, 0.3) is 0 Å². The fourth-order valence-electron chi connectivity index (χ4n) is 2.18. The monoisotopic (exact) mass is 413 g/mol. The van der Waals surface area contributed by atoms with Crippen LogP contribution < -0.4 is 9.64 Å². The highest BCUT2D eigenvalue weighted by atomic mass is 79.9. The average Bonchev–Trinajstić information content (AvgIpc) is 3.23. The minimum absolute atomic E-state index is 0.0410. The summed E-state index contributed by atoms with van der Waals surface area (Å²) in [7, 11) is 1.65. The number of rotatable bonds is 6. The molecule has 1 aliphatic carbocycles. The highest BCUT2D eigenvalue weighted by Gasteiger charge is 2.34. The van der Waals surface area contributed by atoms with Crippen LogP contribution >= 0.6 is 39.0 Å². The number of nitrogens with zero attached hydrogens (tertiary/aromatic N) is 3. The van der Waals surface area contributed by atoms with Crippen molar-refractivity contribution in [2.45, 2.75) is 35.9 Å². The zero-order valence-corrected chi connectivity index (χ0v) is 16.0. The summed E-state index contributed by atoms with van der Waals surface area (Å²) in [5.74, 6) is 1.65. The second kappa shape index (κ2) is 7.19. The van der Waals surface area contributed by atoms with Gasteiger partial charge >= 0.3 is 0 Å². The molecule has 1 aromatic carbocycles. The molecule has 0 bridgehead atoms. The van der Waals surface area contributed by atoms with E-state index in [-0.39, 0.29) is 5.91 Å². The number of aromatic nitrogens is 2. The van der Waals surface area contributed by atoms with Crippen LogP contribution in [0.4, 0.5) is 5.13 Å². The Morgan fingerprint density at radius 1 is 1.48 bits per heavy atom. The van der Waals surface area contributed by atoms with Crippen molar-refractivity contribution in [1.29, 1.82) is 0 Å². The first kappa shape index (κ1) is 16.7. The van der Waals surface area contributed by atoms with Crippen molar-refractivity contribution in [3.8, 4) is 5.75 Å². The fourth-order valence-corrected chi connectivity index (χ4v) is 4.67. The maximum absolute atomic E-state index is 11.8. The number of hydrogen-bond acceptors (Lipinski definition) is 6. The Hall–Kier alpha value is -1.12. The van der Waals surface area contributed by atoms with Gasteiger partial charge in [-0.05, 0) is 46.5 Å². The van der Waals surface area contributed by atoms with E-state index in [1.54, 1.807) is 30.7 Å². The van der Waals surface area contributed by atoms with Crippen LogP contribution in [-0.4, -0.2) is 29.3 Å². The molecule has 1 aromatic heterocycles. The molecule has 0 saturated heterocycles. The Kier molecular flexibility index (Phi) is 5.23. The topological polar surface area (TPSA) is 55.3 Å². The predicted octanol–water partition coefficient (Wildman–Crippen LogP) is 4.12. The highest BCUT2D eigenvalue weighted by Crippen LogP contribution is 2.37. The van der Waals surface area contributed by atoms with Crippen LogP contribution in [0, 0.1) is 0 Å². The normalized spacial score (nSPS) is 13.9. The third kappa shape index (κ3) is 4.05. The molecule has 0 radical (unpaired) electrons. The van der Waals surface area contributed by atoms with Crippen molar-refractivity contribution < 1.29 is 9.53 Å². The van der Waals surface area contributed by atoms with E-state index in [0.29, 0.717) is 11.2 Å². The van der Waals surface area contributed by atoms with E-state index in [1.807, 2.05) is 18.2 Å². The molecule has 5 nitrogen and oxygen atoms in total. The van der Waals surface area contributed by atoms with Gasteiger partial charge in [-0.2, -0.15) is 0 Å². The van der Waals surface area contributed by atoms with Gasteiger partial charge in [-0.3, -0.25) is 9.69 Å². The van der Waals surface area contributed by atoms with Crippen LogP contribution in [0.2, 0.25) is 0 Å². The Morgan fingerprint density at radius 2 is 2.26 bits per heavy atom. The fraction of sp³-hybridized carbons (Fsp3) is 0.400. The number of amides is 1. The van der Waals surface area contributed by atoms with Crippen molar-refractivity contribution in [3.05, 3.63) is 28.2 Å². The molecule has 0 aliphatic heterocycles. The Bertz CT molecular complexity index is 718. The van der Waals surface area contributed by atoms with Gasteiger partial charge in [-0.15, -0.1) is 10.2 Å².